The van der Waals surface area contributed by atoms with E-state index >= 15 is 0 Å². The van der Waals surface area contributed by atoms with Crippen LogP contribution >= 0.6 is 6.89 Å². The van der Waals surface area contributed by atoms with Gasteiger partial charge >= 0.3 is 0 Å². The summed E-state index contributed by atoms with van der Waals surface area (Å²) in [6, 6.07) is 0. The second kappa shape index (κ2) is 6.93. The van der Waals surface area contributed by atoms with E-state index in [0.29, 0.717) is 22.9 Å². The van der Waals surface area contributed by atoms with E-state index in [9.17, 15) is 10.2 Å². The maximum Gasteiger partial charge on any atom is 0.245 e. The van der Waals surface area contributed by atoms with E-state index in [0.717, 1.165) is 6.16 Å². The molecule has 0 aliphatic carbocycles. The molecule has 2 aromatic rings. The summed E-state index contributed by atoms with van der Waals surface area (Å²) in [5.41, 5.74) is 0.994. The number of aliphatic hydroxyl groups is 2. The van der Waals surface area contributed by atoms with Gasteiger partial charge in [0.2, 0.25) is 5.88 Å². The topological polar surface area (TPSA) is 103 Å². The molecule has 5 atom stereocenters. The van der Waals surface area contributed by atoms with Gasteiger partial charge < -0.3 is 19.7 Å². The second-order valence-corrected chi connectivity index (χ2v) is 11.9. The van der Waals surface area contributed by atoms with Gasteiger partial charge in [-0.2, -0.15) is 4.98 Å². The van der Waals surface area contributed by atoms with Gasteiger partial charge in [0.15, 0.2) is 17.4 Å². The van der Waals surface area contributed by atoms with Crippen molar-refractivity contribution < 1.29 is 19.7 Å². The van der Waals surface area contributed by atoms with Crippen LogP contribution in [0.5, 0.6) is 5.88 Å². The van der Waals surface area contributed by atoms with Crippen molar-refractivity contribution in [2.45, 2.75) is 38.4 Å². The van der Waals surface area contributed by atoms with Crippen LogP contribution in [0.3, 0.4) is 0 Å². The minimum absolute atomic E-state index is 0.0752. The number of imidazole rings is 1. The molecule has 1 fully saturated rings. The van der Waals surface area contributed by atoms with Crippen LogP contribution in [0.2, 0.25) is 0 Å². The van der Waals surface area contributed by atoms with Crippen LogP contribution in [0.25, 0.3) is 11.2 Å². The number of fused-ring (bicyclic) bond motifs is 1. The number of aliphatic hydroxyl groups excluding tert-OH is 2. The minimum atomic E-state index is -1.29. The van der Waals surface area contributed by atoms with Crippen LogP contribution in [-0.2, 0) is 4.74 Å². The molecule has 1 unspecified atom stereocenters. The highest BCUT2D eigenvalue weighted by Crippen LogP contribution is 2.42. The van der Waals surface area contributed by atoms with Gasteiger partial charge in [-0.3, -0.25) is 4.57 Å². The average molecular weight is 382 g/mol. The van der Waals surface area contributed by atoms with Gasteiger partial charge in [0.25, 0.3) is 0 Å². The van der Waals surface area contributed by atoms with E-state index in [4.69, 9.17) is 9.47 Å². The van der Waals surface area contributed by atoms with Crippen LogP contribution in [0.15, 0.2) is 6.33 Å². The Morgan fingerprint density at radius 2 is 2.04 bits per heavy atom. The fourth-order valence-electron chi connectivity index (χ4n) is 3.59. The molecule has 0 saturated carbocycles. The van der Waals surface area contributed by atoms with Crippen molar-refractivity contribution in [3.05, 3.63) is 12.2 Å². The molecule has 3 rings (SSSR count). The number of aromatic nitrogens is 4. The Morgan fingerprint density at radius 1 is 1.35 bits per heavy atom. The molecule has 9 heteroatoms. The Balaban J connectivity index is 1.94. The van der Waals surface area contributed by atoms with Gasteiger partial charge in [-0.05, 0) is 32.3 Å². The monoisotopic (exact) mass is 382 g/mol. The van der Waals surface area contributed by atoms with Gasteiger partial charge in [0, 0.05) is 0 Å². The SMILES string of the molecule is C=P(C)(C)CC(C)[C@H]1O[C@@H](n2cnc3c(OC)nc(C)nc32)[C@H](O)[C@@H]1O. The first-order valence-corrected chi connectivity index (χ1v) is 11.6. The summed E-state index contributed by atoms with van der Waals surface area (Å²) < 4.78 is 13.0. The van der Waals surface area contributed by atoms with E-state index in [1.807, 2.05) is 6.92 Å². The lowest BCUT2D eigenvalue weighted by molar-refractivity contribution is -0.0487. The number of methoxy groups -OCH3 is 1. The van der Waals surface area contributed by atoms with Crippen molar-refractivity contribution in [2.24, 2.45) is 5.92 Å². The van der Waals surface area contributed by atoms with Gasteiger partial charge in [0.05, 0.1) is 19.5 Å². The number of ether oxygens (including phenoxy) is 2. The highest BCUT2D eigenvalue weighted by atomic mass is 31.2. The lowest BCUT2D eigenvalue weighted by Gasteiger charge is -2.26. The van der Waals surface area contributed by atoms with Crippen LogP contribution in [0.4, 0.5) is 0 Å². The summed E-state index contributed by atoms with van der Waals surface area (Å²) in [5, 5.41) is 21.1. The minimum Gasteiger partial charge on any atom is -0.479 e. The summed E-state index contributed by atoms with van der Waals surface area (Å²) in [6.07, 6.45) is 3.33. The molecule has 8 nitrogen and oxygen atoms in total. The largest absolute Gasteiger partial charge is 0.479 e. The zero-order valence-corrected chi connectivity index (χ0v) is 16.7. The first-order chi connectivity index (χ1) is 12.1. The van der Waals surface area contributed by atoms with Crippen molar-refractivity contribution in [3.63, 3.8) is 0 Å². The molecule has 0 aromatic carbocycles. The summed E-state index contributed by atoms with van der Waals surface area (Å²) >= 11 is 0. The molecule has 144 valence electrons. The van der Waals surface area contributed by atoms with Crippen molar-refractivity contribution in [2.75, 3.05) is 26.6 Å². The van der Waals surface area contributed by atoms with Crippen molar-refractivity contribution in [1.29, 1.82) is 0 Å². The Hall–Kier alpha value is -1.47. The quantitative estimate of drug-likeness (QED) is 0.747. The maximum absolute atomic E-state index is 10.6. The average Bonchev–Trinajstić information content (AvgIpc) is 3.07. The Morgan fingerprint density at radius 3 is 2.65 bits per heavy atom. The molecular weight excluding hydrogens is 355 g/mol. The zero-order chi connectivity index (χ0) is 19.2. The Labute approximate surface area is 153 Å². The predicted octanol–water partition coefficient (Wildman–Crippen LogP) is 1.11. The van der Waals surface area contributed by atoms with E-state index in [1.165, 1.54) is 13.4 Å². The molecule has 0 bridgehead atoms. The third-order valence-corrected chi connectivity index (χ3v) is 6.15. The number of nitrogens with zero attached hydrogens (tertiary/aromatic N) is 4. The maximum atomic E-state index is 10.6. The normalized spacial score (nSPS) is 27.8. The van der Waals surface area contributed by atoms with Crippen LogP contribution < -0.4 is 4.74 Å². The van der Waals surface area contributed by atoms with E-state index < -0.39 is 31.4 Å². The van der Waals surface area contributed by atoms with E-state index in [-0.39, 0.29) is 5.92 Å². The molecule has 2 N–H and O–H groups in total. The fraction of sp³-hybridized carbons (Fsp3) is 0.647. The summed E-state index contributed by atoms with van der Waals surface area (Å²) in [6.45, 7) is 6.79. The van der Waals surface area contributed by atoms with Gasteiger partial charge in [0.1, 0.15) is 18.0 Å². The van der Waals surface area contributed by atoms with E-state index in [1.54, 1.807) is 11.5 Å². The summed E-state index contributed by atoms with van der Waals surface area (Å²) in [7, 11) is 1.52. The number of rotatable bonds is 5. The highest BCUT2D eigenvalue weighted by Gasteiger charge is 2.46. The molecular formula is C17H27N4O4P. The molecule has 3 heterocycles. The molecule has 1 aliphatic heterocycles. The third-order valence-electron chi connectivity index (χ3n) is 4.59. The highest BCUT2D eigenvalue weighted by molar-refractivity contribution is 7.72. The lowest BCUT2D eigenvalue weighted by atomic mass is 10.0. The summed E-state index contributed by atoms with van der Waals surface area (Å²) in [5.74, 6) is 0.969. The van der Waals surface area contributed by atoms with E-state index in [2.05, 4.69) is 34.6 Å². The first-order valence-electron chi connectivity index (χ1n) is 8.56. The molecule has 0 amide bonds. The molecule has 0 spiro atoms. The van der Waals surface area contributed by atoms with Crippen LogP contribution in [0, 0.1) is 12.8 Å². The van der Waals surface area contributed by atoms with Crippen molar-refractivity contribution >= 4 is 24.3 Å². The van der Waals surface area contributed by atoms with Crippen molar-refractivity contribution in [1.82, 2.24) is 19.5 Å². The zero-order valence-electron chi connectivity index (χ0n) is 15.8. The summed E-state index contributed by atoms with van der Waals surface area (Å²) in [4.78, 5) is 12.9. The van der Waals surface area contributed by atoms with Crippen molar-refractivity contribution in [3.8, 4) is 5.88 Å². The second-order valence-electron chi connectivity index (χ2n) is 7.67. The number of hydrogen-bond donors (Lipinski definition) is 2. The van der Waals surface area contributed by atoms with Crippen LogP contribution in [0.1, 0.15) is 19.0 Å². The first kappa shape index (κ1) is 19.3. The third kappa shape index (κ3) is 3.51. The predicted molar refractivity (Wildman–Crippen MR) is 102 cm³/mol. The van der Waals surface area contributed by atoms with Gasteiger partial charge in [-0.25, -0.2) is 9.97 Å². The molecule has 26 heavy (non-hydrogen) atoms. The van der Waals surface area contributed by atoms with Crippen LogP contribution in [-0.4, -0.2) is 80.9 Å². The Kier molecular flexibility index (Phi) is 5.14. The molecule has 1 saturated heterocycles. The van der Waals surface area contributed by atoms with Gasteiger partial charge in [-0.15, -0.1) is 13.2 Å². The molecule has 1 aliphatic rings. The number of aryl methyl sites for hydroxylation is 1. The fourth-order valence-corrected chi connectivity index (χ4v) is 5.36. The lowest BCUT2D eigenvalue weighted by Crippen LogP contribution is -2.36. The number of hydrogen-bond acceptors (Lipinski definition) is 7. The standard InChI is InChI=1S/C17H27N4O4P/c1-9(7-26(4,5)6)14-12(22)13(23)17(25-14)21-8-18-11-15(21)19-10(2)20-16(11)24-3/h8-9,12-14,17,22-23H,4,7H2,1-3,5-6H3/t9?,12-,13+,14+,17+/m0/s1. The Bertz CT molecular complexity index is 849. The molecule has 0 radical (unpaired) electrons. The molecule has 2 aromatic heterocycles. The van der Waals surface area contributed by atoms with Gasteiger partial charge in [-0.1, -0.05) is 6.92 Å². The smallest absolute Gasteiger partial charge is 0.245 e.